The van der Waals surface area contributed by atoms with Crippen LogP contribution in [0.25, 0.3) is 11.1 Å². The molecule has 2 aromatic carbocycles. The van der Waals surface area contributed by atoms with E-state index in [-0.39, 0.29) is 29.0 Å². The zero-order valence-corrected chi connectivity index (χ0v) is 25.7. The Morgan fingerprint density at radius 1 is 1.07 bits per heavy atom. The summed E-state index contributed by atoms with van der Waals surface area (Å²) in [6.07, 6.45) is -0.851. The predicted octanol–water partition coefficient (Wildman–Crippen LogP) is 5.23. The quantitative estimate of drug-likeness (QED) is 0.290. The summed E-state index contributed by atoms with van der Waals surface area (Å²) in [5.74, 6) is -3.27. The molecule has 0 spiro atoms. The third-order valence-corrected chi connectivity index (χ3v) is 7.92. The zero-order valence-electron chi connectivity index (χ0n) is 25.7. The number of carbonyl (C=O) groups excluding carboxylic acids is 1. The number of alkyl halides is 1. The van der Waals surface area contributed by atoms with E-state index in [2.05, 4.69) is 10.4 Å². The van der Waals surface area contributed by atoms with Crippen LogP contribution < -0.4 is 10.9 Å². The van der Waals surface area contributed by atoms with Crippen LogP contribution in [0.15, 0.2) is 41.2 Å². The van der Waals surface area contributed by atoms with Gasteiger partial charge in [-0.1, -0.05) is 26.0 Å². The monoisotopic (exact) mass is 612 g/mol. The Labute approximate surface area is 254 Å². The number of amides is 1. The first-order valence-electron chi connectivity index (χ1n) is 14.8. The molecule has 44 heavy (non-hydrogen) atoms. The van der Waals surface area contributed by atoms with Gasteiger partial charge < -0.3 is 10.4 Å². The SMILES string of the molecule is Cc1cc(-c2c(C)cccc2F)cc([C@H](CC(=O)O)NC(=O)[C@H](CC(C)C)n2nc(CCN3CC(F)C3)cc(C)c2=O)c1F. The second-order valence-electron chi connectivity index (χ2n) is 12.1. The van der Waals surface area contributed by atoms with E-state index in [0.29, 0.717) is 48.4 Å². The van der Waals surface area contributed by atoms with E-state index in [9.17, 15) is 28.3 Å². The van der Waals surface area contributed by atoms with Crippen LogP contribution >= 0.6 is 0 Å². The van der Waals surface area contributed by atoms with Crippen molar-refractivity contribution in [3.8, 4) is 11.1 Å². The minimum Gasteiger partial charge on any atom is -0.481 e. The molecule has 1 amide bonds. The number of aliphatic carboxylic acids is 1. The van der Waals surface area contributed by atoms with E-state index in [1.54, 1.807) is 32.0 Å². The van der Waals surface area contributed by atoms with Crippen molar-refractivity contribution in [1.82, 2.24) is 20.0 Å². The number of nitrogens with zero attached hydrogens (tertiary/aromatic N) is 3. The predicted molar refractivity (Wildman–Crippen MR) is 161 cm³/mol. The number of aromatic nitrogens is 2. The molecule has 0 unspecified atom stereocenters. The van der Waals surface area contributed by atoms with Crippen molar-refractivity contribution in [2.75, 3.05) is 19.6 Å². The van der Waals surface area contributed by atoms with E-state index in [4.69, 9.17) is 0 Å². The summed E-state index contributed by atoms with van der Waals surface area (Å²) in [4.78, 5) is 41.0. The lowest BCUT2D eigenvalue weighted by Crippen LogP contribution is -2.49. The highest BCUT2D eigenvalue weighted by atomic mass is 19.1. The summed E-state index contributed by atoms with van der Waals surface area (Å²) in [6, 6.07) is 6.63. The van der Waals surface area contributed by atoms with Crippen molar-refractivity contribution in [1.29, 1.82) is 0 Å². The van der Waals surface area contributed by atoms with Crippen molar-refractivity contribution in [3.05, 3.63) is 86.3 Å². The van der Waals surface area contributed by atoms with Gasteiger partial charge in [-0.3, -0.25) is 19.3 Å². The molecule has 2 heterocycles. The molecular formula is C33H39F3N4O4. The molecular weight excluding hydrogens is 573 g/mol. The average Bonchev–Trinajstić information content (AvgIpc) is 2.92. The lowest BCUT2D eigenvalue weighted by atomic mass is 9.92. The van der Waals surface area contributed by atoms with Crippen LogP contribution in [0.5, 0.6) is 0 Å². The first-order valence-corrected chi connectivity index (χ1v) is 14.8. The number of carbonyl (C=O) groups is 2. The maximum absolute atomic E-state index is 15.6. The summed E-state index contributed by atoms with van der Waals surface area (Å²) in [7, 11) is 0. The first-order chi connectivity index (χ1) is 20.7. The zero-order chi connectivity index (χ0) is 32.3. The minimum absolute atomic E-state index is 0.0600. The third-order valence-electron chi connectivity index (χ3n) is 7.92. The van der Waals surface area contributed by atoms with Gasteiger partial charge in [-0.05, 0) is 74.1 Å². The maximum Gasteiger partial charge on any atom is 0.305 e. The summed E-state index contributed by atoms with van der Waals surface area (Å²) in [5, 5.41) is 16.9. The second-order valence-corrected chi connectivity index (χ2v) is 12.1. The largest absolute Gasteiger partial charge is 0.481 e. The standard InChI is InChI=1S/C33H39F3N4O4/c1-18(2)11-28(40-33(44)21(5)13-24(38-40)9-10-39-16-23(34)17-39)32(43)37-27(15-29(41)42)25-14-22(12-20(4)31(25)36)30-19(3)7-6-8-26(30)35/h6-8,12-14,18,23,27-28H,9-11,15-17H2,1-5H3,(H,37,43)(H,41,42)/t27-,28-/m0/s1. The fourth-order valence-corrected chi connectivity index (χ4v) is 5.64. The van der Waals surface area contributed by atoms with E-state index >= 15 is 4.39 Å². The molecule has 1 aliphatic heterocycles. The van der Waals surface area contributed by atoms with Gasteiger partial charge in [0.25, 0.3) is 5.56 Å². The van der Waals surface area contributed by atoms with E-state index in [1.807, 2.05) is 18.7 Å². The fourth-order valence-electron chi connectivity index (χ4n) is 5.64. The molecule has 2 N–H and O–H groups in total. The fraction of sp³-hybridized carbons (Fsp3) is 0.455. The van der Waals surface area contributed by atoms with E-state index in [1.165, 1.54) is 25.1 Å². The maximum atomic E-state index is 15.6. The van der Waals surface area contributed by atoms with Gasteiger partial charge in [-0.2, -0.15) is 5.10 Å². The van der Waals surface area contributed by atoms with Crippen molar-refractivity contribution in [2.45, 2.75) is 72.1 Å². The summed E-state index contributed by atoms with van der Waals surface area (Å²) < 4.78 is 44.9. The number of carboxylic acid groups (broad SMARTS) is 1. The van der Waals surface area contributed by atoms with Crippen molar-refractivity contribution >= 4 is 11.9 Å². The Morgan fingerprint density at radius 3 is 2.39 bits per heavy atom. The smallest absolute Gasteiger partial charge is 0.305 e. The molecule has 0 radical (unpaired) electrons. The number of likely N-dealkylation sites (tertiary alicyclic amines) is 1. The number of nitrogens with one attached hydrogen (secondary N) is 1. The van der Waals surface area contributed by atoms with Crippen LogP contribution in [-0.2, 0) is 16.0 Å². The Morgan fingerprint density at radius 2 is 1.77 bits per heavy atom. The van der Waals surface area contributed by atoms with Gasteiger partial charge in [-0.15, -0.1) is 0 Å². The Balaban J connectivity index is 1.71. The summed E-state index contributed by atoms with van der Waals surface area (Å²) in [5.41, 5.74) is 1.72. The number of benzene rings is 2. The number of hydrogen-bond acceptors (Lipinski definition) is 5. The summed E-state index contributed by atoms with van der Waals surface area (Å²) in [6.45, 7) is 9.80. The molecule has 8 nitrogen and oxygen atoms in total. The molecule has 1 aliphatic rings. The number of halogens is 3. The van der Waals surface area contributed by atoms with Gasteiger partial charge in [0.1, 0.15) is 23.8 Å². The van der Waals surface area contributed by atoms with E-state index in [0.717, 1.165) is 4.68 Å². The van der Waals surface area contributed by atoms with Gasteiger partial charge in [0, 0.05) is 42.7 Å². The molecule has 2 atom stereocenters. The second kappa shape index (κ2) is 13.8. The van der Waals surface area contributed by atoms with Gasteiger partial charge >= 0.3 is 5.97 Å². The highest BCUT2D eigenvalue weighted by molar-refractivity contribution is 5.82. The van der Waals surface area contributed by atoms with Crippen LogP contribution in [0.4, 0.5) is 13.2 Å². The van der Waals surface area contributed by atoms with Crippen LogP contribution in [0.2, 0.25) is 0 Å². The van der Waals surface area contributed by atoms with E-state index < -0.39 is 53.7 Å². The van der Waals surface area contributed by atoms with Gasteiger partial charge in [0.15, 0.2) is 0 Å². The van der Waals surface area contributed by atoms with Gasteiger partial charge in [0.05, 0.1) is 18.2 Å². The Bertz CT molecular complexity index is 1580. The third kappa shape index (κ3) is 7.56. The molecule has 4 rings (SSSR count). The average molecular weight is 613 g/mol. The molecule has 0 aliphatic carbocycles. The van der Waals surface area contributed by atoms with Crippen LogP contribution in [0, 0.1) is 38.3 Å². The number of carboxylic acids is 1. The van der Waals surface area contributed by atoms with Crippen molar-refractivity contribution in [2.24, 2.45) is 5.92 Å². The molecule has 0 saturated carbocycles. The molecule has 11 heteroatoms. The van der Waals surface area contributed by atoms with Crippen molar-refractivity contribution in [3.63, 3.8) is 0 Å². The first kappa shape index (κ1) is 32.9. The Hall–Kier alpha value is -3.99. The van der Waals surface area contributed by atoms with Gasteiger partial charge in [0.2, 0.25) is 5.91 Å². The molecule has 0 bridgehead atoms. The number of hydrogen-bond donors (Lipinski definition) is 2. The van der Waals surface area contributed by atoms with Crippen LogP contribution in [-0.4, -0.2) is 57.5 Å². The molecule has 3 aromatic rings. The molecule has 1 aromatic heterocycles. The minimum atomic E-state index is -1.32. The highest BCUT2D eigenvalue weighted by Crippen LogP contribution is 2.33. The molecule has 1 saturated heterocycles. The number of rotatable bonds is 12. The highest BCUT2D eigenvalue weighted by Gasteiger charge is 2.31. The lowest BCUT2D eigenvalue weighted by Gasteiger charge is -2.34. The summed E-state index contributed by atoms with van der Waals surface area (Å²) >= 11 is 0. The number of aryl methyl sites for hydroxylation is 3. The van der Waals surface area contributed by atoms with Crippen LogP contribution in [0.3, 0.4) is 0 Å². The molecule has 236 valence electrons. The van der Waals surface area contributed by atoms with Crippen molar-refractivity contribution < 1.29 is 27.9 Å². The Kier molecular flexibility index (Phi) is 10.3. The van der Waals surface area contributed by atoms with Gasteiger partial charge in [-0.25, -0.2) is 17.9 Å². The normalized spacial score (nSPS) is 15.2. The van der Waals surface area contributed by atoms with Crippen LogP contribution in [0.1, 0.15) is 66.7 Å². The molecule has 1 fully saturated rings. The lowest BCUT2D eigenvalue weighted by molar-refractivity contribution is -0.138. The topological polar surface area (TPSA) is 105 Å².